The fourth-order valence-corrected chi connectivity index (χ4v) is 3.94. The van der Waals surface area contributed by atoms with Crippen molar-refractivity contribution in [2.24, 2.45) is 4.99 Å². The number of esters is 1. The molecule has 1 aliphatic heterocycles. The molecule has 0 aliphatic carbocycles. The third-order valence-electron chi connectivity index (χ3n) is 4.53. The van der Waals surface area contributed by atoms with E-state index in [1.165, 1.54) is 0 Å². The normalized spacial score (nSPS) is 14.9. The Morgan fingerprint density at radius 3 is 2.57 bits per heavy atom. The molecule has 0 saturated carbocycles. The van der Waals surface area contributed by atoms with Gasteiger partial charge in [-0.1, -0.05) is 30.3 Å². The molecular weight excluding hydrogens is 493 g/mol. The highest BCUT2D eigenvalue weighted by Gasteiger charge is 2.24. The molecule has 3 aromatic carbocycles. The summed E-state index contributed by atoms with van der Waals surface area (Å²) in [6.45, 7) is 3.92. The maximum Gasteiger partial charge on any atom is 0.363 e. The quantitative estimate of drug-likeness (QED) is 0.254. The molecule has 6 heteroatoms. The van der Waals surface area contributed by atoms with Crippen LogP contribution < -0.4 is 9.47 Å². The molecule has 0 saturated heterocycles. The summed E-state index contributed by atoms with van der Waals surface area (Å²) in [5, 5.41) is 2.18. The van der Waals surface area contributed by atoms with Crippen LogP contribution in [0.5, 0.6) is 11.5 Å². The lowest BCUT2D eigenvalue weighted by Gasteiger charge is -2.15. The molecule has 0 N–H and O–H groups in total. The van der Waals surface area contributed by atoms with Gasteiger partial charge in [0, 0.05) is 5.56 Å². The number of nitrogens with zero attached hydrogens (tertiary/aromatic N) is 1. The van der Waals surface area contributed by atoms with Gasteiger partial charge in [0.15, 0.2) is 17.2 Å². The summed E-state index contributed by atoms with van der Waals surface area (Å²) in [6.07, 6.45) is 1.72. The van der Waals surface area contributed by atoms with Crippen LogP contribution in [0.1, 0.15) is 25.0 Å². The summed E-state index contributed by atoms with van der Waals surface area (Å²) in [4.78, 5) is 16.8. The molecule has 5 nitrogen and oxygen atoms in total. The SMILES string of the molecule is COc1cc(/C=C2\N=C(c3ccc4ccccc4c3)OC2=O)cc(I)c1OC(C)C. The molecule has 3 aromatic rings. The zero-order chi connectivity index (χ0) is 21.3. The average Bonchev–Trinajstić information content (AvgIpc) is 3.09. The molecule has 30 heavy (non-hydrogen) atoms. The summed E-state index contributed by atoms with van der Waals surface area (Å²) in [6, 6.07) is 17.6. The van der Waals surface area contributed by atoms with Crippen LogP contribution in [-0.2, 0) is 9.53 Å². The van der Waals surface area contributed by atoms with Gasteiger partial charge in [0.1, 0.15) is 0 Å². The van der Waals surface area contributed by atoms with Crippen molar-refractivity contribution in [2.45, 2.75) is 20.0 Å². The number of carbonyl (C=O) groups excluding carboxylic acids is 1. The van der Waals surface area contributed by atoms with Gasteiger partial charge < -0.3 is 14.2 Å². The number of cyclic esters (lactones) is 1. The van der Waals surface area contributed by atoms with Gasteiger partial charge in [0.2, 0.25) is 5.90 Å². The third-order valence-corrected chi connectivity index (χ3v) is 5.33. The minimum atomic E-state index is -0.477. The Balaban J connectivity index is 1.68. The minimum absolute atomic E-state index is 0.0237. The number of fused-ring (bicyclic) bond motifs is 1. The zero-order valence-electron chi connectivity index (χ0n) is 16.8. The topological polar surface area (TPSA) is 57.1 Å². The molecule has 152 valence electrons. The number of methoxy groups -OCH3 is 1. The lowest BCUT2D eigenvalue weighted by Crippen LogP contribution is -2.08. The third kappa shape index (κ3) is 4.18. The van der Waals surface area contributed by atoms with E-state index in [4.69, 9.17) is 14.2 Å². The van der Waals surface area contributed by atoms with Crippen LogP contribution in [0.2, 0.25) is 0 Å². The van der Waals surface area contributed by atoms with E-state index in [0.29, 0.717) is 17.4 Å². The van der Waals surface area contributed by atoms with E-state index in [1.807, 2.05) is 68.4 Å². The first-order valence-corrected chi connectivity index (χ1v) is 10.6. The second-order valence-corrected chi connectivity index (χ2v) is 8.26. The van der Waals surface area contributed by atoms with Gasteiger partial charge in [-0.25, -0.2) is 9.79 Å². The molecule has 1 heterocycles. The van der Waals surface area contributed by atoms with Gasteiger partial charge in [-0.15, -0.1) is 0 Å². The minimum Gasteiger partial charge on any atom is -0.493 e. The van der Waals surface area contributed by atoms with Crippen molar-refractivity contribution in [3.05, 3.63) is 75.0 Å². The Bertz CT molecular complexity index is 1200. The van der Waals surface area contributed by atoms with Crippen molar-refractivity contribution in [1.82, 2.24) is 0 Å². The Labute approximate surface area is 188 Å². The van der Waals surface area contributed by atoms with Crippen molar-refractivity contribution in [1.29, 1.82) is 0 Å². The predicted octanol–water partition coefficient (Wildman–Crippen LogP) is 5.58. The van der Waals surface area contributed by atoms with Crippen LogP contribution in [0, 0.1) is 3.57 Å². The maximum atomic E-state index is 12.4. The Hall–Kier alpha value is -2.87. The number of hydrogen-bond donors (Lipinski definition) is 0. The molecule has 0 atom stereocenters. The van der Waals surface area contributed by atoms with Gasteiger partial charge >= 0.3 is 5.97 Å². The van der Waals surface area contributed by atoms with E-state index in [1.54, 1.807) is 13.2 Å². The summed E-state index contributed by atoms with van der Waals surface area (Å²) in [7, 11) is 1.59. The highest BCUT2D eigenvalue weighted by atomic mass is 127. The molecule has 0 bridgehead atoms. The van der Waals surface area contributed by atoms with E-state index < -0.39 is 5.97 Å². The first kappa shape index (κ1) is 20.4. The van der Waals surface area contributed by atoms with E-state index in [0.717, 1.165) is 25.5 Å². The van der Waals surface area contributed by atoms with Crippen molar-refractivity contribution < 1.29 is 19.0 Å². The standard InChI is InChI=1S/C24H20INO4/c1-14(2)29-22-19(25)10-15(12-21(22)28-3)11-20-24(27)30-23(26-20)18-9-8-16-6-4-5-7-17(16)13-18/h4-14H,1-3H3/b20-11-. The molecule has 0 amide bonds. The largest absolute Gasteiger partial charge is 0.493 e. The molecule has 1 aliphatic rings. The van der Waals surface area contributed by atoms with E-state index >= 15 is 0 Å². The van der Waals surface area contributed by atoms with E-state index in [2.05, 4.69) is 27.6 Å². The van der Waals surface area contributed by atoms with Gasteiger partial charge in [0.25, 0.3) is 0 Å². The lowest BCUT2D eigenvalue weighted by molar-refractivity contribution is -0.129. The number of halogens is 1. The van der Waals surface area contributed by atoms with Crippen LogP contribution in [0.15, 0.2) is 65.3 Å². The summed E-state index contributed by atoms with van der Waals surface area (Å²) in [5.74, 6) is 1.12. The van der Waals surface area contributed by atoms with Crippen LogP contribution in [0.3, 0.4) is 0 Å². The predicted molar refractivity (Wildman–Crippen MR) is 126 cm³/mol. The number of carbonyl (C=O) groups is 1. The smallest absolute Gasteiger partial charge is 0.363 e. The van der Waals surface area contributed by atoms with Crippen molar-refractivity contribution in [3.63, 3.8) is 0 Å². The van der Waals surface area contributed by atoms with Crippen molar-refractivity contribution >= 4 is 51.3 Å². The Morgan fingerprint density at radius 2 is 1.83 bits per heavy atom. The zero-order valence-corrected chi connectivity index (χ0v) is 19.0. The molecule has 0 fully saturated rings. The molecule has 0 radical (unpaired) electrons. The number of ether oxygens (including phenoxy) is 3. The second kappa shape index (κ2) is 8.47. The highest BCUT2D eigenvalue weighted by molar-refractivity contribution is 14.1. The number of hydrogen-bond acceptors (Lipinski definition) is 5. The highest BCUT2D eigenvalue weighted by Crippen LogP contribution is 2.35. The van der Waals surface area contributed by atoms with E-state index in [9.17, 15) is 4.79 Å². The van der Waals surface area contributed by atoms with E-state index in [-0.39, 0.29) is 11.8 Å². The van der Waals surface area contributed by atoms with Crippen LogP contribution in [0.25, 0.3) is 16.8 Å². The van der Waals surface area contributed by atoms with Crippen molar-refractivity contribution in [3.8, 4) is 11.5 Å². The first-order valence-electron chi connectivity index (χ1n) is 9.50. The maximum absolute atomic E-state index is 12.4. The first-order chi connectivity index (χ1) is 14.4. The molecule has 4 rings (SSSR count). The van der Waals surface area contributed by atoms with Gasteiger partial charge in [0.05, 0.1) is 16.8 Å². The molecule has 0 spiro atoms. The number of rotatable bonds is 5. The Morgan fingerprint density at radius 1 is 1.07 bits per heavy atom. The summed E-state index contributed by atoms with van der Waals surface area (Å²) < 4.78 is 17.6. The fourth-order valence-electron chi connectivity index (χ4n) is 3.19. The summed E-state index contributed by atoms with van der Waals surface area (Å²) in [5.41, 5.74) is 1.79. The lowest BCUT2D eigenvalue weighted by atomic mass is 10.1. The number of aliphatic imine (C=N–C) groups is 1. The molecular formula is C24H20INO4. The molecule has 0 unspecified atom stereocenters. The van der Waals surface area contributed by atoms with Gasteiger partial charge in [-0.05, 0) is 83.1 Å². The van der Waals surface area contributed by atoms with Crippen molar-refractivity contribution in [2.75, 3.05) is 7.11 Å². The van der Waals surface area contributed by atoms with Crippen LogP contribution in [0.4, 0.5) is 0 Å². The monoisotopic (exact) mass is 513 g/mol. The van der Waals surface area contributed by atoms with Gasteiger partial charge in [-0.3, -0.25) is 0 Å². The van der Waals surface area contributed by atoms with Crippen LogP contribution >= 0.6 is 22.6 Å². The van der Waals surface area contributed by atoms with Crippen LogP contribution in [-0.4, -0.2) is 25.1 Å². The fraction of sp³-hybridized carbons (Fsp3) is 0.167. The number of benzene rings is 3. The average molecular weight is 513 g/mol. The molecule has 0 aromatic heterocycles. The Kier molecular flexibility index (Phi) is 5.76. The second-order valence-electron chi connectivity index (χ2n) is 7.10. The van der Waals surface area contributed by atoms with Gasteiger partial charge in [-0.2, -0.15) is 0 Å². The summed E-state index contributed by atoms with van der Waals surface area (Å²) >= 11 is 2.20.